The molecule has 7 nitrogen and oxygen atoms in total. The summed E-state index contributed by atoms with van der Waals surface area (Å²) in [6, 6.07) is 5.15. The normalized spacial score (nSPS) is 14.9. The quantitative estimate of drug-likeness (QED) is 0.683. The molecule has 1 aliphatic heterocycles. The van der Waals surface area contributed by atoms with Gasteiger partial charge < -0.3 is 19.7 Å². The second kappa shape index (κ2) is 11.0. The predicted octanol–water partition coefficient (Wildman–Crippen LogP) is 2.40. The molecule has 7 heteroatoms. The largest absolute Gasteiger partial charge is 0.493 e. The lowest BCUT2D eigenvalue weighted by Gasteiger charge is -2.35. The lowest BCUT2D eigenvalue weighted by molar-refractivity contribution is -0.123. The van der Waals surface area contributed by atoms with Crippen molar-refractivity contribution in [2.24, 2.45) is 5.92 Å². The molecule has 2 rings (SSSR count). The second-order valence-electron chi connectivity index (χ2n) is 8.19. The molecule has 0 aliphatic carbocycles. The summed E-state index contributed by atoms with van der Waals surface area (Å²) in [5.41, 5.74) is 0.566. The fourth-order valence-corrected chi connectivity index (χ4v) is 3.22. The summed E-state index contributed by atoms with van der Waals surface area (Å²) in [5, 5.41) is 2.77. The highest BCUT2D eigenvalue weighted by Gasteiger charge is 2.23. The van der Waals surface area contributed by atoms with Gasteiger partial charge in [-0.3, -0.25) is 14.5 Å². The minimum Gasteiger partial charge on any atom is -0.493 e. The number of hydrogen-bond acceptors (Lipinski definition) is 5. The van der Waals surface area contributed by atoms with Gasteiger partial charge in [0.1, 0.15) is 0 Å². The first-order valence-corrected chi connectivity index (χ1v) is 10.4. The summed E-state index contributed by atoms with van der Waals surface area (Å²) in [4.78, 5) is 29.0. The van der Waals surface area contributed by atoms with E-state index in [2.05, 4.69) is 24.1 Å². The maximum Gasteiger partial charge on any atom is 0.258 e. The Morgan fingerprint density at radius 1 is 1.07 bits per heavy atom. The predicted molar refractivity (Wildman–Crippen MR) is 114 cm³/mol. The minimum atomic E-state index is -0.197. The van der Waals surface area contributed by atoms with E-state index in [1.165, 1.54) is 13.5 Å². The summed E-state index contributed by atoms with van der Waals surface area (Å²) in [7, 11) is 1.53. The molecular formula is C22H35N3O4. The third-order valence-electron chi connectivity index (χ3n) is 4.90. The third-order valence-corrected chi connectivity index (χ3v) is 4.90. The number of nitrogens with zero attached hydrogens (tertiary/aromatic N) is 2. The summed E-state index contributed by atoms with van der Waals surface area (Å²) in [6.45, 7) is 12.5. The van der Waals surface area contributed by atoms with Crippen molar-refractivity contribution in [3.05, 3.63) is 23.8 Å². The molecule has 1 N–H and O–H groups in total. The SMILES string of the molecule is COc1cc(C(=O)N2CCN(CCC(C)C)CC2)ccc1OCC(=O)NC(C)C. The number of hydrogen-bond donors (Lipinski definition) is 1. The van der Waals surface area contributed by atoms with Crippen LogP contribution in [0.15, 0.2) is 18.2 Å². The fraction of sp³-hybridized carbons (Fsp3) is 0.636. The van der Waals surface area contributed by atoms with Crippen molar-refractivity contribution in [3.8, 4) is 11.5 Å². The van der Waals surface area contributed by atoms with Crippen LogP contribution in [0.1, 0.15) is 44.5 Å². The molecule has 0 radical (unpaired) electrons. The zero-order valence-electron chi connectivity index (χ0n) is 18.4. The summed E-state index contributed by atoms with van der Waals surface area (Å²) in [5.74, 6) is 1.39. The average molecular weight is 406 g/mol. The number of carbonyl (C=O) groups excluding carboxylic acids is 2. The molecule has 0 unspecified atom stereocenters. The fourth-order valence-electron chi connectivity index (χ4n) is 3.22. The van der Waals surface area contributed by atoms with Gasteiger partial charge in [0.25, 0.3) is 11.8 Å². The van der Waals surface area contributed by atoms with E-state index in [-0.39, 0.29) is 24.5 Å². The minimum absolute atomic E-state index is 0.00379. The Morgan fingerprint density at radius 3 is 2.34 bits per heavy atom. The van der Waals surface area contributed by atoms with Crippen molar-refractivity contribution in [2.45, 2.75) is 40.2 Å². The molecule has 2 amide bonds. The molecule has 1 fully saturated rings. The van der Waals surface area contributed by atoms with Crippen molar-refractivity contribution in [1.82, 2.24) is 15.1 Å². The van der Waals surface area contributed by atoms with Gasteiger partial charge in [-0.05, 0) is 50.9 Å². The van der Waals surface area contributed by atoms with E-state index in [0.29, 0.717) is 23.0 Å². The number of nitrogens with one attached hydrogen (secondary N) is 1. The number of benzene rings is 1. The van der Waals surface area contributed by atoms with Crippen LogP contribution in [0.2, 0.25) is 0 Å². The highest BCUT2D eigenvalue weighted by atomic mass is 16.5. The first-order chi connectivity index (χ1) is 13.8. The zero-order chi connectivity index (χ0) is 21.4. The first kappa shape index (κ1) is 23.0. The highest BCUT2D eigenvalue weighted by Crippen LogP contribution is 2.28. The van der Waals surface area contributed by atoms with Crippen molar-refractivity contribution in [2.75, 3.05) is 46.4 Å². The Bertz CT molecular complexity index is 683. The topological polar surface area (TPSA) is 71.1 Å². The average Bonchev–Trinajstić information content (AvgIpc) is 2.70. The van der Waals surface area contributed by atoms with Crippen LogP contribution in [0.5, 0.6) is 11.5 Å². The summed E-state index contributed by atoms with van der Waals surface area (Å²) in [6.07, 6.45) is 1.18. The smallest absolute Gasteiger partial charge is 0.258 e. The Labute approximate surface area is 174 Å². The summed E-state index contributed by atoms with van der Waals surface area (Å²) >= 11 is 0. The van der Waals surface area contributed by atoms with Crippen molar-refractivity contribution in [1.29, 1.82) is 0 Å². The number of piperazine rings is 1. The van der Waals surface area contributed by atoms with E-state index >= 15 is 0 Å². The van der Waals surface area contributed by atoms with Crippen LogP contribution >= 0.6 is 0 Å². The number of rotatable bonds is 9. The zero-order valence-corrected chi connectivity index (χ0v) is 18.4. The lowest BCUT2D eigenvalue weighted by Crippen LogP contribution is -2.49. The van der Waals surface area contributed by atoms with Gasteiger partial charge in [0, 0.05) is 37.8 Å². The van der Waals surface area contributed by atoms with Crippen LogP contribution in [0.25, 0.3) is 0 Å². The Morgan fingerprint density at radius 2 is 1.76 bits per heavy atom. The Hall–Kier alpha value is -2.28. The molecule has 162 valence electrons. The van der Waals surface area contributed by atoms with E-state index in [4.69, 9.17) is 9.47 Å². The highest BCUT2D eigenvalue weighted by molar-refractivity contribution is 5.95. The van der Waals surface area contributed by atoms with Gasteiger partial charge in [-0.1, -0.05) is 13.8 Å². The van der Waals surface area contributed by atoms with Crippen molar-refractivity contribution in [3.63, 3.8) is 0 Å². The van der Waals surface area contributed by atoms with Gasteiger partial charge in [0.15, 0.2) is 18.1 Å². The van der Waals surface area contributed by atoms with Gasteiger partial charge in [0.05, 0.1) is 7.11 Å². The Balaban J connectivity index is 1.93. The number of amides is 2. The van der Waals surface area contributed by atoms with E-state index < -0.39 is 0 Å². The molecule has 0 atom stereocenters. The maximum absolute atomic E-state index is 12.9. The second-order valence-corrected chi connectivity index (χ2v) is 8.19. The molecule has 0 saturated carbocycles. The van der Waals surface area contributed by atoms with Gasteiger partial charge >= 0.3 is 0 Å². The van der Waals surface area contributed by atoms with E-state index in [1.807, 2.05) is 18.7 Å². The van der Waals surface area contributed by atoms with E-state index in [9.17, 15) is 9.59 Å². The number of ether oxygens (including phenoxy) is 2. The van der Waals surface area contributed by atoms with Crippen LogP contribution in [0.3, 0.4) is 0 Å². The van der Waals surface area contributed by atoms with E-state index in [1.54, 1.807) is 18.2 Å². The van der Waals surface area contributed by atoms with E-state index in [0.717, 1.165) is 32.7 Å². The maximum atomic E-state index is 12.9. The van der Waals surface area contributed by atoms with Crippen LogP contribution in [-0.4, -0.2) is 74.1 Å². The molecule has 1 aliphatic rings. The number of methoxy groups -OCH3 is 1. The monoisotopic (exact) mass is 405 g/mol. The van der Waals surface area contributed by atoms with Gasteiger partial charge in [-0.2, -0.15) is 0 Å². The molecule has 1 aromatic carbocycles. The van der Waals surface area contributed by atoms with Gasteiger partial charge in [0.2, 0.25) is 0 Å². The first-order valence-electron chi connectivity index (χ1n) is 10.4. The van der Waals surface area contributed by atoms with Crippen LogP contribution in [-0.2, 0) is 4.79 Å². The molecule has 1 saturated heterocycles. The molecule has 0 spiro atoms. The van der Waals surface area contributed by atoms with Crippen LogP contribution in [0.4, 0.5) is 0 Å². The summed E-state index contributed by atoms with van der Waals surface area (Å²) < 4.78 is 10.9. The van der Waals surface area contributed by atoms with Gasteiger partial charge in [-0.15, -0.1) is 0 Å². The molecular weight excluding hydrogens is 370 g/mol. The molecule has 0 bridgehead atoms. The standard InChI is InChI=1S/C22H35N3O4/c1-16(2)8-9-24-10-12-25(13-11-24)22(27)18-6-7-19(20(14-18)28-5)29-15-21(26)23-17(3)4/h6-7,14,16-17H,8-13,15H2,1-5H3,(H,23,26). The van der Waals surface area contributed by atoms with Crippen molar-refractivity contribution >= 4 is 11.8 Å². The third kappa shape index (κ3) is 7.24. The van der Waals surface area contributed by atoms with Crippen molar-refractivity contribution < 1.29 is 19.1 Å². The molecule has 29 heavy (non-hydrogen) atoms. The molecule has 0 aromatic heterocycles. The molecule has 1 heterocycles. The van der Waals surface area contributed by atoms with Crippen LogP contribution in [0, 0.1) is 5.92 Å². The number of carbonyl (C=O) groups is 2. The lowest BCUT2D eigenvalue weighted by atomic mass is 10.1. The van der Waals surface area contributed by atoms with Gasteiger partial charge in [-0.25, -0.2) is 0 Å². The Kier molecular flexibility index (Phi) is 8.76. The molecule has 1 aromatic rings. The van der Waals surface area contributed by atoms with Crippen LogP contribution < -0.4 is 14.8 Å².